The number of ether oxygens (including phenoxy) is 2. The number of nitrogens with two attached hydrogens (primary N) is 1. The van der Waals surface area contributed by atoms with Crippen molar-refractivity contribution < 1.29 is 37.0 Å². The third-order valence-electron chi connectivity index (χ3n) is 2.20. The van der Waals surface area contributed by atoms with Gasteiger partial charge in [0.25, 0.3) is 5.91 Å². The highest BCUT2D eigenvalue weighted by molar-refractivity contribution is 6.37. The first-order chi connectivity index (χ1) is 10.1. The highest BCUT2D eigenvalue weighted by Gasteiger charge is 2.31. The summed E-state index contributed by atoms with van der Waals surface area (Å²) in [5.74, 6) is -4.23. The number of halogens is 3. The van der Waals surface area contributed by atoms with E-state index in [0.717, 1.165) is 12.1 Å². The van der Waals surface area contributed by atoms with Crippen molar-refractivity contribution in [3.8, 4) is 5.75 Å². The van der Waals surface area contributed by atoms with Crippen LogP contribution in [0.1, 0.15) is 17.3 Å². The smallest absolute Gasteiger partial charge is 0.459 e. The van der Waals surface area contributed by atoms with Crippen LogP contribution in [0.15, 0.2) is 18.2 Å². The molecule has 0 fully saturated rings. The minimum absolute atomic E-state index is 0.0483. The fourth-order valence-corrected chi connectivity index (χ4v) is 1.40. The number of esters is 1. The number of hydrogen-bond donors (Lipinski definition) is 2. The number of alkyl halides is 3. The number of anilines is 1. The minimum atomic E-state index is -4.95. The molecule has 0 heterocycles. The molecule has 120 valence electrons. The second-order valence-corrected chi connectivity index (χ2v) is 3.79. The van der Waals surface area contributed by atoms with E-state index in [1.807, 2.05) is 5.32 Å². The molecule has 10 heteroatoms. The van der Waals surface area contributed by atoms with Crippen molar-refractivity contribution in [2.24, 2.45) is 5.73 Å². The minimum Gasteiger partial charge on any atom is -0.459 e. The van der Waals surface area contributed by atoms with Gasteiger partial charge in [-0.3, -0.25) is 9.59 Å². The fourth-order valence-electron chi connectivity index (χ4n) is 1.40. The van der Waals surface area contributed by atoms with Crippen molar-refractivity contribution in [2.75, 3.05) is 11.9 Å². The first-order valence-electron chi connectivity index (χ1n) is 5.81. The number of carbonyl (C=O) groups is 3. The van der Waals surface area contributed by atoms with E-state index in [4.69, 9.17) is 5.73 Å². The zero-order valence-electron chi connectivity index (χ0n) is 11.2. The molecule has 1 aromatic carbocycles. The molecule has 0 aliphatic heterocycles. The third-order valence-corrected chi connectivity index (χ3v) is 2.20. The summed E-state index contributed by atoms with van der Waals surface area (Å²) in [6.45, 7) is 1.43. The molecule has 2 amide bonds. The van der Waals surface area contributed by atoms with Gasteiger partial charge >= 0.3 is 18.2 Å². The predicted molar refractivity (Wildman–Crippen MR) is 66.9 cm³/mol. The van der Waals surface area contributed by atoms with Crippen molar-refractivity contribution in [3.63, 3.8) is 0 Å². The SMILES string of the molecule is CCOC(=O)C(=O)Nc1ccc(OC(F)(F)F)cc1C(N)=O. The van der Waals surface area contributed by atoms with Crippen molar-refractivity contribution in [1.82, 2.24) is 0 Å². The standard InChI is InChI=1S/C12H11F3N2O5/c1-2-21-11(20)10(19)17-8-4-3-6(22-12(13,14)15)5-7(8)9(16)18/h3-5H,2H2,1H3,(H2,16,18)(H,17,19). The maximum absolute atomic E-state index is 12.1. The topological polar surface area (TPSA) is 108 Å². The average molecular weight is 320 g/mol. The Hall–Kier alpha value is -2.78. The number of carbonyl (C=O) groups excluding carboxylic acids is 3. The number of primary amides is 1. The molecule has 1 aromatic rings. The maximum atomic E-state index is 12.1. The third kappa shape index (κ3) is 4.96. The molecule has 0 saturated carbocycles. The Balaban J connectivity index is 3.03. The summed E-state index contributed by atoms with van der Waals surface area (Å²) in [6.07, 6.45) is -4.95. The van der Waals surface area contributed by atoms with Crippen LogP contribution in [-0.4, -0.2) is 30.8 Å². The molecule has 0 unspecified atom stereocenters. The second-order valence-electron chi connectivity index (χ2n) is 3.79. The van der Waals surface area contributed by atoms with E-state index in [0.29, 0.717) is 6.07 Å². The lowest BCUT2D eigenvalue weighted by molar-refractivity contribution is -0.274. The molecule has 1 rings (SSSR count). The van der Waals surface area contributed by atoms with Crippen LogP contribution in [0.5, 0.6) is 5.75 Å². The molecule has 0 atom stereocenters. The van der Waals surface area contributed by atoms with Crippen LogP contribution >= 0.6 is 0 Å². The maximum Gasteiger partial charge on any atom is 0.573 e. The molecule has 22 heavy (non-hydrogen) atoms. The molecule has 0 aromatic heterocycles. The molecule has 0 aliphatic carbocycles. The molecule has 0 saturated heterocycles. The molecule has 7 nitrogen and oxygen atoms in total. The summed E-state index contributed by atoms with van der Waals surface area (Å²) in [6, 6.07) is 2.48. The van der Waals surface area contributed by atoms with E-state index >= 15 is 0 Å². The number of hydrogen-bond acceptors (Lipinski definition) is 5. The van der Waals surface area contributed by atoms with Gasteiger partial charge in [-0.1, -0.05) is 0 Å². The molecule has 0 spiro atoms. The predicted octanol–water partition coefficient (Wildman–Crippen LogP) is 1.19. The van der Waals surface area contributed by atoms with Crippen molar-refractivity contribution in [1.29, 1.82) is 0 Å². The number of amides is 2. The average Bonchev–Trinajstić information content (AvgIpc) is 2.38. The van der Waals surface area contributed by atoms with Crippen molar-refractivity contribution >= 4 is 23.5 Å². The molecule has 3 N–H and O–H groups in total. The first-order valence-corrected chi connectivity index (χ1v) is 5.81. The van der Waals surface area contributed by atoms with Gasteiger partial charge in [0, 0.05) is 0 Å². The molecule has 0 radical (unpaired) electrons. The van der Waals surface area contributed by atoms with Gasteiger partial charge in [-0.05, 0) is 25.1 Å². The number of benzene rings is 1. The first kappa shape index (κ1) is 17.3. The number of rotatable bonds is 4. The lowest BCUT2D eigenvalue weighted by Gasteiger charge is -2.12. The molecular formula is C12H11F3N2O5. The summed E-state index contributed by atoms with van der Waals surface area (Å²) < 4.78 is 44.4. The van der Waals surface area contributed by atoms with Gasteiger partial charge in [0.1, 0.15) is 5.75 Å². The molecule has 0 aliphatic rings. The van der Waals surface area contributed by atoms with Crippen LogP contribution in [0, 0.1) is 0 Å². The quantitative estimate of drug-likeness (QED) is 0.640. The summed E-state index contributed by atoms with van der Waals surface area (Å²) in [5.41, 5.74) is 4.31. The van der Waals surface area contributed by atoms with E-state index in [1.165, 1.54) is 6.92 Å². The van der Waals surface area contributed by atoms with Gasteiger partial charge in [0.05, 0.1) is 17.9 Å². The Morgan fingerprint density at radius 3 is 2.41 bits per heavy atom. The Morgan fingerprint density at radius 2 is 1.91 bits per heavy atom. The van der Waals surface area contributed by atoms with Crippen LogP contribution in [0.4, 0.5) is 18.9 Å². The zero-order chi connectivity index (χ0) is 16.9. The van der Waals surface area contributed by atoms with E-state index in [-0.39, 0.29) is 12.3 Å². The largest absolute Gasteiger partial charge is 0.573 e. The Kier molecular flexibility index (Phi) is 5.33. The van der Waals surface area contributed by atoms with Gasteiger partial charge in [-0.15, -0.1) is 13.2 Å². The molecule has 0 bridgehead atoms. The van der Waals surface area contributed by atoms with Crippen molar-refractivity contribution in [2.45, 2.75) is 13.3 Å². The summed E-state index contributed by atoms with van der Waals surface area (Å²) in [7, 11) is 0. The van der Waals surface area contributed by atoms with Crippen LogP contribution in [0.2, 0.25) is 0 Å². The lowest BCUT2D eigenvalue weighted by Crippen LogP contribution is -2.27. The fraction of sp³-hybridized carbons (Fsp3) is 0.250. The van der Waals surface area contributed by atoms with Crippen molar-refractivity contribution in [3.05, 3.63) is 23.8 Å². The normalized spacial score (nSPS) is 10.7. The van der Waals surface area contributed by atoms with E-state index < -0.39 is 35.5 Å². The summed E-state index contributed by atoms with van der Waals surface area (Å²) >= 11 is 0. The molecular weight excluding hydrogens is 309 g/mol. The van der Waals surface area contributed by atoms with Crippen LogP contribution < -0.4 is 15.8 Å². The summed E-state index contributed by atoms with van der Waals surface area (Å²) in [4.78, 5) is 33.8. The van der Waals surface area contributed by atoms with Crippen LogP contribution in [0.25, 0.3) is 0 Å². The highest BCUT2D eigenvalue weighted by Crippen LogP contribution is 2.27. The Morgan fingerprint density at radius 1 is 1.27 bits per heavy atom. The van der Waals surface area contributed by atoms with Crippen LogP contribution in [0.3, 0.4) is 0 Å². The Labute approximate surface area is 122 Å². The van der Waals surface area contributed by atoms with Crippen LogP contribution in [-0.2, 0) is 14.3 Å². The second kappa shape index (κ2) is 6.78. The van der Waals surface area contributed by atoms with Gasteiger partial charge in [-0.25, -0.2) is 4.79 Å². The highest BCUT2D eigenvalue weighted by atomic mass is 19.4. The van der Waals surface area contributed by atoms with Gasteiger partial charge in [0.2, 0.25) is 0 Å². The monoisotopic (exact) mass is 320 g/mol. The zero-order valence-corrected chi connectivity index (χ0v) is 11.2. The van der Waals surface area contributed by atoms with Gasteiger partial charge < -0.3 is 20.5 Å². The number of nitrogens with one attached hydrogen (secondary N) is 1. The Bertz CT molecular complexity index is 601. The van der Waals surface area contributed by atoms with Gasteiger partial charge in [-0.2, -0.15) is 0 Å². The van der Waals surface area contributed by atoms with E-state index in [2.05, 4.69) is 9.47 Å². The van der Waals surface area contributed by atoms with E-state index in [9.17, 15) is 27.6 Å². The van der Waals surface area contributed by atoms with E-state index in [1.54, 1.807) is 0 Å². The van der Waals surface area contributed by atoms with Gasteiger partial charge in [0.15, 0.2) is 0 Å². The summed E-state index contributed by atoms with van der Waals surface area (Å²) in [5, 5.41) is 2.02. The lowest BCUT2D eigenvalue weighted by atomic mass is 10.1.